The number of nitrogens with zero attached hydrogens (tertiary/aromatic N) is 2. The zero-order chi connectivity index (χ0) is 24.7. The number of rotatable bonds is 6. The van der Waals surface area contributed by atoms with Crippen LogP contribution in [0.2, 0.25) is 10.0 Å². The molecule has 0 aliphatic carbocycles. The number of hydrogen-bond donors (Lipinski definition) is 1. The molecule has 1 fully saturated rings. The second kappa shape index (κ2) is 9.28. The van der Waals surface area contributed by atoms with Crippen LogP contribution in [0.3, 0.4) is 0 Å². The molecular formula is C27H24Cl2F2N2O. The molecule has 3 nitrogen and oxygen atoms in total. The van der Waals surface area contributed by atoms with Crippen molar-refractivity contribution in [2.45, 2.75) is 25.5 Å². The van der Waals surface area contributed by atoms with Crippen LogP contribution in [0.15, 0.2) is 66.7 Å². The van der Waals surface area contributed by atoms with Gasteiger partial charge in [-0.1, -0.05) is 47.5 Å². The first-order chi connectivity index (χ1) is 16.0. The molecule has 0 radical (unpaired) electrons. The standard InChI is InChI=1S/C27H24Cl2F2N2O/c1-26(2,16-32)27(34,19-11-23(30)13-24(31)12-19)20-14-33(15-20)25(17-3-7-21(28)8-4-17)18-5-9-22(29)10-6-18/h3-13,20,25,34H,14-15H2,1-2H3. The van der Waals surface area contributed by atoms with E-state index in [1.54, 1.807) is 13.8 Å². The second-order valence-corrected chi connectivity index (χ2v) is 10.2. The molecule has 1 N–H and O–H groups in total. The van der Waals surface area contributed by atoms with Gasteiger partial charge in [-0.05, 0) is 66.9 Å². The van der Waals surface area contributed by atoms with Gasteiger partial charge in [-0.25, -0.2) is 8.78 Å². The van der Waals surface area contributed by atoms with E-state index in [1.165, 1.54) is 0 Å². The number of nitriles is 1. The van der Waals surface area contributed by atoms with Crippen LogP contribution in [0.5, 0.6) is 0 Å². The van der Waals surface area contributed by atoms with Gasteiger partial charge in [0.25, 0.3) is 0 Å². The Bertz CT molecular complexity index is 1150. The van der Waals surface area contributed by atoms with Gasteiger partial charge in [0.2, 0.25) is 0 Å². The third kappa shape index (κ3) is 4.44. The minimum Gasteiger partial charge on any atom is -0.383 e. The smallest absolute Gasteiger partial charge is 0.126 e. The molecule has 0 bridgehead atoms. The van der Waals surface area contributed by atoms with Crippen LogP contribution in [0.1, 0.15) is 36.6 Å². The van der Waals surface area contributed by atoms with Gasteiger partial charge in [-0.3, -0.25) is 4.90 Å². The lowest BCUT2D eigenvalue weighted by Gasteiger charge is -2.54. The number of halogens is 4. The predicted octanol–water partition coefficient (Wildman–Crippen LogP) is 6.73. The third-order valence-electron chi connectivity index (χ3n) is 6.77. The summed E-state index contributed by atoms with van der Waals surface area (Å²) >= 11 is 12.2. The van der Waals surface area contributed by atoms with Crippen molar-refractivity contribution in [2.75, 3.05) is 13.1 Å². The van der Waals surface area contributed by atoms with Gasteiger partial charge in [-0.2, -0.15) is 5.26 Å². The average molecular weight is 501 g/mol. The van der Waals surface area contributed by atoms with Crippen molar-refractivity contribution in [3.8, 4) is 6.07 Å². The van der Waals surface area contributed by atoms with Crippen molar-refractivity contribution in [2.24, 2.45) is 11.3 Å². The fourth-order valence-corrected chi connectivity index (χ4v) is 5.11. The zero-order valence-corrected chi connectivity index (χ0v) is 20.3. The molecule has 1 heterocycles. The van der Waals surface area contributed by atoms with Gasteiger partial charge in [0.05, 0.1) is 17.5 Å². The van der Waals surface area contributed by atoms with E-state index >= 15 is 0 Å². The third-order valence-corrected chi connectivity index (χ3v) is 7.28. The van der Waals surface area contributed by atoms with Crippen LogP contribution in [-0.2, 0) is 5.60 Å². The van der Waals surface area contributed by atoms with Crippen molar-refractivity contribution in [1.29, 1.82) is 5.26 Å². The molecule has 176 valence electrons. The molecule has 0 saturated carbocycles. The molecule has 1 saturated heterocycles. The van der Waals surface area contributed by atoms with Gasteiger partial charge in [0.15, 0.2) is 0 Å². The van der Waals surface area contributed by atoms with Crippen molar-refractivity contribution < 1.29 is 13.9 Å². The Morgan fingerprint density at radius 3 is 1.76 bits per heavy atom. The Morgan fingerprint density at radius 2 is 1.35 bits per heavy atom. The number of benzene rings is 3. The maximum Gasteiger partial charge on any atom is 0.126 e. The molecule has 1 unspecified atom stereocenters. The van der Waals surface area contributed by atoms with E-state index in [0.717, 1.165) is 29.3 Å². The van der Waals surface area contributed by atoms with Crippen molar-refractivity contribution in [3.63, 3.8) is 0 Å². The van der Waals surface area contributed by atoms with E-state index in [9.17, 15) is 19.1 Å². The molecule has 3 aromatic rings. The van der Waals surface area contributed by atoms with Gasteiger partial charge in [0, 0.05) is 35.1 Å². The summed E-state index contributed by atoms with van der Waals surface area (Å²) in [7, 11) is 0. The van der Waals surface area contributed by atoms with Gasteiger partial charge in [-0.15, -0.1) is 0 Å². The van der Waals surface area contributed by atoms with E-state index in [-0.39, 0.29) is 11.6 Å². The minimum atomic E-state index is -1.76. The summed E-state index contributed by atoms with van der Waals surface area (Å²) < 4.78 is 28.2. The van der Waals surface area contributed by atoms with E-state index in [2.05, 4.69) is 11.0 Å². The molecule has 0 amide bonds. The summed E-state index contributed by atoms with van der Waals surface area (Å²) in [4.78, 5) is 2.16. The molecule has 1 aliphatic heterocycles. The Morgan fingerprint density at radius 1 is 0.912 bits per heavy atom. The average Bonchev–Trinajstić information content (AvgIpc) is 2.76. The molecule has 1 atom stereocenters. The summed E-state index contributed by atoms with van der Waals surface area (Å²) in [5.41, 5.74) is -0.975. The Hall–Kier alpha value is -2.49. The van der Waals surface area contributed by atoms with E-state index in [0.29, 0.717) is 23.1 Å². The van der Waals surface area contributed by atoms with E-state index in [1.807, 2.05) is 48.5 Å². The van der Waals surface area contributed by atoms with Gasteiger partial charge >= 0.3 is 0 Å². The molecule has 3 aromatic carbocycles. The number of aliphatic hydroxyl groups is 1. The fraction of sp³-hybridized carbons (Fsp3) is 0.296. The molecule has 34 heavy (non-hydrogen) atoms. The zero-order valence-electron chi connectivity index (χ0n) is 18.8. The first-order valence-electron chi connectivity index (χ1n) is 10.9. The Labute approximate surface area is 208 Å². The van der Waals surface area contributed by atoms with Crippen LogP contribution < -0.4 is 0 Å². The van der Waals surface area contributed by atoms with E-state index < -0.39 is 28.6 Å². The monoisotopic (exact) mass is 500 g/mol. The topological polar surface area (TPSA) is 47.3 Å². The first-order valence-corrected chi connectivity index (χ1v) is 11.7. The van der Waals surface area contributed by atoms with Crippen molar-refractivity contribution in [1.82, 2.24) is 4.90 Å². The van der Waals surface area contributed by atoms with Crippen LogP contribution in [0.25, 0.3) is 0 Å². The van der Waals surface area contributed by atoms with Crippen molar-refractivity contribution in [3.05, 3.63) is 105 Å². The summed E-state index contributed by atoms with van der Waals surface area (Å²) in [6.45, 7) is 4.01. The normalized spacial score (nSPS) is 16.7. The van der Waals surface area contributed by atoms with Gasteiger partial charge in [0.1, 0.15) is 17.2 Å². The highest BCUT2D eigenvalue weighted by atomic mass is 35.5. The van der Waals surface area contributed by atoms with Crippen LogP contribution >= 0.6 is 23.2 Å². The summed E-state index contributed by atoms with van der Waals surface area (Å²) in [6, 6.07) is 20.0. The lowest BCUT2D eigenvalue weighted by atomic mass is 9.62. The lowest BCUT2D eigenvalue weighted by molar-refractivity contribution is -0.150. The van der Waals surface area contributed by atoms with E-state index in [4.69, 9.17) is 23.2 Å². The summed E-state index contributed by atoms with van der Waals surface area (Å²) in [5.74, 6) is -2.01. The maximum atomic E-state index is 14.1. The second-order valence-electron chi connectivity index (χ2n) is 9.32. The summed E-state index contributed by atoms with van der Waals surface area (Å²) in [6.07, 6.45) is 0. The SMILES string of the molecule is CC(C)(C#N)C(O)(c1cc(F)cc(F)c1)C1CN(C(c2ccc(Cl)cc2)c2ccc(Cl)cc2)C1. The highest BCUT2D eigenvalue weighted by molar-refractivity contribution is 6.30. The Balaban J connectivity index is 1.70. The molecule has 0 spiro atoms. The molecule has 7 heteroatoms. The maximum absolute atomic E-state index is 14.1. The quantitative estimate of drug-likeness (QED) is 0.408. The molecular weight excluding hydrogens is 477 g/mol. The van der Waals surface area contributed by atoms with Crippen LogP contribution in [0, 0.1) is 34.3 Å². The van der Waals surface area contributed by atoms with Crippen molar-refractivity contribution >= 4 is 23.2 Å². The fourth-order valence-electron chi connectivity index (χ4n) is 4.86. The number of hydrogen-bond acceptors (Lipinski definition) is 3. The van der Waals surface area contributed by atoms with Crippen LogP contribution in [0.4, 0.5) is 8.78 Å². The Kier molecular flexibility index (Phi) is 6.72. The molecule has 1 aliphatic rings. The highest BCUT2D eigenvalue weighted by Gasteiger charge is 2.56. The number of likely N-dealkylation sites (tertiary alicyclic amines) is 1. The first kappa shape index (κ1) is 24.6. The highest BCUT2D eigenvalue weighted by Crippen LogP contribution is 2.50. The summed E-state index contributed by atoms with van der Waals surface area (Å²) in [5, 5.41) is 23.0. The molecule has 4 rings (SSSR count). The van der Waals surface area contributed by atoms with Crippen LogP contribution in [-0.4, -0.2) is 23.1 Å². The predicted molar refractivity (Wildman–Crippen MR) is 129 cm³/mol. The lowest BCUT2D eigenvalue weighted by Crippen LogP contribution is -2.61. The molecule has 0 aromatic heterocycles. The van der Waals surface area contributed by atoms with Gasteiger partial charge < -0.3 is 5.11 Å². The minimum absolute atomic E-state index is 0.0655. The largest absolute Gasteiger partial charge is 0.383 e.